The lowest BCUT2D eigenvalue weighted by Crippen LogP contribution is -2.03. The predicted octanol–water partition coefficient (Wildman–Crippen LogP) is 4.99. The molecule has 3 aromatic rings. The van der Waals surface area contributed by atoms with E-state index in [4.69, 9.17) is 11.6 Å². The van der Waals surface area contributed by atoms with Crippen LogP contribution in [0, 0.1) is 0 Å². The van der Waals surface area contributed by atoms with Gasteiger partial charge in [0.05, 0.1) is 16.1 Å². The number of hydrogen-bond donors (Lipinski definition) is 1. The van der Waals surface area contributed by atoms with E-state index in [0.29, 0.717) is 5.52 Å². The van der Waals surface area contributed by atoms with E-state index in [-0.39, 0.29) is 10.4 Å². The van der Waals surface area contributed by atoms with Crippen molar-refractivity contribution >= 4 is 33.3 Å². The molecule has 0 unspecified atom stereocenters. The van der Waals surface area contributed by atoms with Crippen LogP contribution < -0.4 is 0 Å². The molecule has 0 atom stereocenters. The maximum atomic E-state index is 12.9. The van der Waals surface area contributed by atoms with E-state index in [0.717, 1.165) is 17.0 Å². The Morgan fingerprint density at radius 2 is 1.83 bits per heavy atom. The highest BCUT2D eigenvalue weighted by molar-refractivity contribution is 6.37. The van der Waals surface area contributed by atoms with Crippen LogP contribution in [0.3, 0.4) is 0 Å². The summed E-state index contributed by atoms with van der Waals surface area (Å²) in [5.41, 5.74) is -0.307. The first-order valence-corrected chi connectivity index (χ1v) is 5.62. The van der Waals surface area contributed by atoms with Crippen molar-refractivity contribution in [2.75, 3.05) is 0 Å². The molecule has 1 N–H and O–H groups in total. The summed E-state index contributed by atoms with van der Waals surface area (Å²) >= 11 is 5.97. The molecule has 0 saturated heterocycles. The highest BCUT2D eigenvalue weighted by Gasteiger charge is 2.34. The number of aromatic nitrogens is 1. The smallest absolute Gasteiger partial charge is 0.360 e. The summed E-state index contributed by atoms with van der Waals surface area (Å²) in [6, 6.07) is 8.74. The van der Waals surface area contributed by atoms with Gasteiger partial charge in [0.15, 0.2) is 0 Å². The molecule has 0 aliphatic rings. The summed E-state index contributed by atoms with van der Waals surface area (Å²) in [5, 5.41) is 1.68. The fourth-order valence-electron chi connectivity index (χ4n) is 2.17. The van der Waals surface area contributed by atoms with Gasteiger partial charge in [0.25, 0.3) is 0 Å². The first-order chi connectivity index (χ1) is 8.48. The van der Waals surface area contributed by atoms with Crippen LogP contribution >= 0.6 is 11.6 Å². The van der Waals surface area contributed by atoms with Gasteiger partial charge < -0.3 is 4.98 Å². The van der Waals surface area contributed by atoms with Crippen molar-refractivity contribution in [2.24, 2.45) is 0 Å². The van der Waals surface area contributed by atoms with Crippen LogP contribution in [-0.4, -0.2) is 4.98 Å². The van der Waals surface area contributed by atoms with Gasteiger partial charge in [-0.1, -0.05) is 35.9 Å². The Balaban J connectivity index is 2.50. The molecular weight excluding hydrogens is 263 g/mol. The SMILES string of the molecule is FC(F)(F)c1c[nH]c2c1c(Cl)cc1ccccc12. The Morgan fingerprint density at radius 1 is 1.11 bits per heavy atom. The van der Waals surface area contributed by atoms with Gasteiger partial charge in [0.2, 0.25) is 0 Å². The number of benzene rings is 2. The molecule has 1 nitrogen and oxygen atoms in total. The Labute approximate surface area is 105 Å². The third kappa shape index (κ3) is 1.56. The number of aromatic amines is 1. The van der Waals surface area contributed by atoms with Crippen LogP contribution in [0.5, 0.6) is 0 Å². The van der Waals surface area contributed by atoms with Crippen LogP contribution in [0.15, 0.2) is 36.5 Å². The highest BCUT2D eigenvalue weighted by Crippen LogP contribution is 2.40. The molecule has 1 aromatic heterocycles. The van der Waals surface area contributed by atoms with E-state index in [2.05, 4.69) is 4.98 Å². The van der Waals surface area contributed by atoms with Crippen molar-refractivity contribution in [2.45, 2.75) is 6.18 Å². The van der Waals surface area contributed by atoms with Crippen molar-refractivity contribution in [1.82, 2.24) is 4.98 Å². The standard InChI is InChI=1S/C13H7ClF3N/c14-10-5-7-3-1-2-4-8(7)12-11(10)9(6-18-12)13(15,16)17/h1-6,18H. The third-order valence-electron chi connectivity index (χ3n) is 2.94. The van der Waals surface area contributed by atoms with E-state index in [1.807, 2.05) is 12.1 Å². The number of alkyl halides is 3. The maximum Gasteiger partial charge on any atom is 0.418 e. The second-order valence-electron chi connectivity index (χ2n) is 4.03. The van der Waals surface area contributed by atoms with Gasteiger partial charge in [-0.2, -0.15) is 13.2 Å². The van der Waals surface area contributed by atoms with Gasteiger partial charge in [-0.3, -0.25) is 0 Å². The molecule has 18 heavy (non-hydrogen) atoms. The topological polar surface area (TPSA) is 15.8 Å². The molecule has 1 heterocycles. The van der Waals surface area contributed by atoms with Crippen LogP contribution in [0.2, 0.25) is 5.02 Å². The highest BCUT2D eigenvalue weighted by atomic mass is 35.5. The zero-order valence-electron chi connectivity index (χ0n) is 8.98. The van der Waals surface area contributed by atoms with Crippen LogP contribution in [0.1, 0.15) is 5.56 Å². The zero-order chi connectivity index (χ0) is 12.9. The molecule has 0 fully saturated rings. The Hall–Kier alpha value is -1.68. The van der Waals surface area contributed by atoms with Gasteiger partial charge in [0, 0.05) is 17.0 Å². The molecule has 0 aliphatic carbocycles. The molecule has 0 aliphatic heterocycles. The normalized spacial score (nSPS) is 12.4. The van der Waals surface area contributed by atoms with Gasteiger partial charge >= 0.3 is 6.18 Å². The summed E-state index contributed by atoms with van der Waals surface area (Å²) < 4.78 is 38.6. The molecule has 0 spiro atoms. The lowest BCUT2D eigenvalue weighted by molar-refractivity contribution is -0.136. The molecule has 0 saturated carbocycles. The Kier molecular flexibility index (Phi) is 2.32. The van der Waals surface area contributed by atoms with E-state index in [1.54, 1.807) is 18.2 Å². The number of halogens is 4. The lowest BCUT2D eigenvalue weighted by Gasteiger charge is -2.07. The summed E-state index contributed by atoms with van der Waals surface area (Å²) in [6.07, 6.45) is -3.45. The van der Waals surface area contributed by atoms with Crippen molar-refractivity contribution < 1.29 is 13.2 Å². The van der Waals surface area contributed by atoms with Gasteiger partial charge in [-0.25, -0.2) is 0 Å². The molecule has 0 bridgehead atoms. The monoisotopic (exact) mass is 269 g/mol. The Morgan fingerprint density at radius 3 is 2.56 bits per heavy atom. The van der Waals surface area contributed by atoms with Crippen LogP contribution in [0.25, 0.3) is 21.7 Å². The fraction of sp³-hybridized carbons (Fsp3) is 0.0769. The number of nitrogens with one attached hydrogen (secondary N) is 1. The average Bonchev–Trinajstić information content (AvgIpc) is 2.74. The minimum atomic E-state index is -4.41. The van der Waals surface area contributed by atoms with Crippen LogP contribution in [0.4, 0.5) is 13.2 Å². The minimum absolute atomic E-state index is 0.0304. The molecule has 5 heteroatoms. The summed E-state index contributed by atoms with van der Waals surface area (Å²) in [7, 11) is 0. The van der Waals surface area contributed by atoms with Crippen molar-refractivity contribution in [3.8, 4) is 0 Å². The fourth-order valence-corrected chi connectivity index (χ4v) is 2.48. The van der Waals surface area contributed by atoms with Crippen molar-refractivity contribution in [3.63, 3.8) is 0 Å². The summed E-state index contributed by atoms with van der Waals surface area (Å²) in [4.78, 5) is 2.67. The molecule has 92 valence electrons. The quantitative estimate of drug-likeness (QED) is 0.591. The second kappa shape index (κ2) is 3.65. The van der Waals surface area contributed by atoms with Gasteiger partial charge in [0.1, 0.15) is 0 Å². The van der Waals surface area contributed by atoms with Crippen molar-refractivity contribution in [1.29, 1.82) is 0 Å². The summed E-state index contributed by atoms with van der Waals surface area (Å²) in [5.74, 6) is 0. The van der Waals surface area contributed by atoms with Gasteiger partial charge in [-0.05, 0) is 11.5 Å². The number of H-pyrrole nitrogens is 1. The Bertz CT molecular complexity index is 743. The largest absolute Gasteiger partial charge is 0.418 e. The molecule has 0 amide bonds. The van der Waals surface area contributed by atoms with E-state index in [9.17, 15) is 13.2 Å². The summed E-state index contributed by atoms with van der Waals surface area (Å²) in [6.45, 7) is 0. The molecule has 3 rings (SSSR count). The van der Waals surface area contributed by atoms with E-state index < -0.39 is 11.7 Å². The van der Waals surface area contributed by atoms with E-state index in [1.165, 1.54) is 0 Å². The number of rotatable bonds is 0. The molecular formula is C13H7ClF3N. The zero-order valence-corrected chi connectivity index (χ0v) is 9.73. The number of fused-ring (bicyclic) bond motifs is 3. The lowest BCUT2D eigenvalue weighted by atomic mass is 10.1. The minimum Gasteiger partial charge on any atom is -0.360 e. The predicted molar refractivity (Wildman–Crippen MR) is 65.8 cm³/mol. The number of hydrogen-bond acceptors (Lipinski definition) is 0. The third-order valence-corrected chi connectivity index (χ3v) is 3.23. The van der Waals surface area contributed by atoms with Crippen molar-refractivity contribution in [3.05, 3.63) is 47.1 Å². The second-order valence-corrected chi connectivity index (χ2v) is 4.44. The van der Waals surface area contributed by atoms with Gasteiger partial charge in [-0.15, -0.1) is 0 Å². The van der Waals surface area contributed by atoms with E-state index >= 15 is 0 Å². The molecule has 0 radical (unpaired) electrons. The molecule has 2 aromatic carbocycles. The first kappa shape index (κ1) is 11.4. The maximum absolute atomic E-state index is 12.9. The van der Waals surface area contributed by atoms with Crippen LogP contribution in [-0.2, 0) is 6.18 Å². The first-order valence-electron chi connectivity index (χ1n) is 5.24. The average molecular weight is 270 g/mol.